The van der Waals surface area contributed by atoms with E-state index in [2.05, 4.69) is 0 Å². The van der Waals surface area contributed by atoms with Crippen LogP contribution in [0.1, 0.15) is 2.85 Å². The summed E-state index contributed by atoms with van der Waals surface area (Å²) < 4.78 is 4.72. The molecule has 0 spiro atoms. The van der Waals surface area contributed by atoms with E-state index in [9.17, 15) is 0 Å². The van der Waals surface area contributed by atoms with Gasteiger partial charge in [-0.2, -0.15) is 0 Å². The fourth-order valence-electron chi connectivity index (χ4n) is 0.446. The van der Waals surface area contributed by atoms with E-state index in [-0.39, 0.29) is 52.3 Å². The third kappa shape index (κ3) is 8.66. The van der Waals surface area contributed by atoms with Crippen LogP contribution in [-0.2, 0) is 4.74 Å². The first-order valence-electron chi connectivity index (χ1n) is 3.36. The number of hydrogen-bond donors (Lipinski definition) is 4. The van der Waals surface area contributed by atoms with E-state index in [1.807, 2.05) is 0 Å². The molecule has 4 N–H and O–H groups in total. The molecule has 0 heterocycles. The molecule has 0 saturated carbocycles. The molecule has 0 fully saturated rings. The second kappa shape index (κ2) is 9.65. The SMILES string of the molecule is OCC(O)COCC(O)CO.[H-].[H-].[Mg+2]. The molecule has 0 aliphatic heterocycles. The zero-order valence-corrected chi connectivity index (χ0v) is 8.30. The van der Waals surface area contributed by atoms with Gasteiger partial charge in [-0.15, -0.1) is 0 Å². The molecular weight excluding hydrogens is 176 g/mol. The Labute approximate surface area is 90.1 Å². The molecule has 0 amide bonds. The minimum atomic E-state index is -0.916. The van der Waals surface area contributed by atoms with Crippen LogP contribution >= 0.6 is 0 Å². The minimum Gasteiger partial charge on any atom is -1.00 e. The Balaban J connectivity index is -0.000000167. The van der Waals surface area contributed by atoms with E-state index in [1.54, 1.807) is 0 Å². The van der Waals surface area contributed by atoms with Crippen molar-refractivity contribution in [2.45, 2.75) is 12.2 Å². The van der Waals surface area contributed by atoms with Crippen LogP contribution in [0.15, 0.2) is 0 Å². The Morgan fingerprint density at radius 3 is 1.58 bits per heavy atom. The number of rotatable bonds is 6. The second-order valence-electron chi connectivity index (χ2n) is 2.21. The van der Waals surface area contributed by atoms with Crippen LogP contribution in [0.5, 0.6) is 0 Å². The molecule has 0 rings (SSSR count). The van der Waals surface area contributed by atoms with Crippen LogP contribution in [0, 0.1) is 0 Å². The van der Waals surface area contributed by atoms with Crippen LogP contribution < -0.4 is 0 Å². The Bertz CT molecular complexity index is 90.3. The van der Waals surface area contributed by atoms with Crippen molar-refractivity contribution in [2.24, 2.45) is 0 Å². The molecule has 0 saturated heterocycles. The summed E-state index contributed by atoms with van der Waals surface area (Å²) in [5.41, 5.74) is 0. The van der Waals surface area contributed by atoms with Crippen molar-refractivity contribution in [1.29, 1.82) is 0 Å². The van der Waals surface area contributed by atoms with Crippen molar-refractivity contribution < 1.29 is 28.0 Å². The molecule has 0 aliphatic rings. The molecule has 0 aromatic heterocycles. The topological polar surface area (TPSA) is 90.2 Å². The average molecular weight is 192 g/mol. The molecule has 0 aromatic rings. The smallest absolute Gasteiger partial charge is 1.00 e. The predicted octanol–water partition coefficient (Wildman–Crippen LogP) is -2.45. The van der Waals surface area contributed by atoms with Crippen LogP contribution in [-0.4, -0.2) is 82.1 Å². The molecule has 0 aliphatic carbocycles. The monoisotopic (exact) mass is 192 g/mol. The Morgan fingerprint density at radius 1 is 1.00 bits per heavy atom. The number of ether oxygens (including phenoxy) is 1. The molecule has 0 radical (unpaired) electrons. The molecule has 5 nitrogen and oxygen atoms in total. The van der Waals surface area contributed by atoms with Crippen molar-refractivity contribution in [3.8, 4) is 0 Å². The maximum atomic E-state index is 8.72. The summed E-state index contributed by atoms with van der Waals surface area (Å²) in [6.45, 7) is -0.800. The summed E-state index contributed by atoms with van der Waals surface area (Å²) in [7, 11) is 0. The van der Waals surface area contributed by atoms with Crippen molar-refractivity contribution in [2.75, 3.05) is 26.4 Å². The number of hydrogen-bond acceptors (Lipinski definition) is 5. The second-order valence-corrected chi connectivity index (χ2v) is 2.21. The Morgan fingerprint density at radius 2 is 1.33 bits per heavy atom. The summed E-state index contributed by atoms with van der Waals surface area (Å²) in [5, 5.41) is 34.1. The van der Waals surface area contributed by atoms with E-state index in [0.717, 1.165) is 0 Å². The molecule has 12 heavy (non-hydrogen) atoms. The Hall–Kier alpha value is 0.566. The molecular formula is C6H16MgO5. The van der Waals surface area contributed by atoms with Crippen LogP contribution in [0.4, 0.5) is 0 Å². The van der Waals surface area contributed by atoms with Gasteiger partial charge in [0.1, 0.15) is 12.2 Å². The molecule has 2 unspecified atom stereocenters. The van der Waals surface area contributed by atoms with Crippen molar-refractivity contribution in [3.63, 3.8) is 0 Å². The Kier molecular flexibility index (Phi) is 12.1. The number of aliphatic hydroxyl groups excluding tert-OH is 4. The number of aliphatic hydroxyl groups is 4. The van der Waals surface area contributed by atoms with E-state index in [0.29, 0.717) is 0 Å². The van der Waals surface area contributed by atoms with E-state index in [4.69, 9.17) is 25.2 Å². The van der Waals surface area contributed by atoms with Gasteiger partial charge in [0.2, 0.25) is 0 Å². The van der Waals surface area contributed by atoms with Gasteiger partial charge in [-0.3, -0.25) is 0 Å². The fourth-order valence-corrected chi connectivity index (χ4v) is 0.446. The standard InChI is InChI=1S/C6H14O5.Mg.2H/c7-1-5(9)3-11-4-6(10)2-8;;;/h5-10H,1-4H2;;;/q;+2;2*-1. The maximum absolute atomic E-state index is 8.72. The maximum Gasteiger partial charge on any atom is 2.00 e. The normalized spacial score (nSPS) is 15.0. The zero-order valence-electron chi connectivity index (χ0n) is 8.89. The van der Waals surface area contributed by atoms with E-state index in [1.165, 1.54) is 0 Å². The molecule has 2 atom stereocenters. The van der Waals surface area contributed by atoms with Gasteiger partial charge < -0.3 is 28.0 Å². The van der Waals surface area contributed by atoms with Gasteiger partial charge in [0, 0.05) is 0 Å². The molecule has 72 valence electrons. The minimum absolute atomic E-state index is 0. The molecule has 0 bridgehead atoms. The van der Waals surface area contributed by atoms with E-state index < -0.39 is 12.2 Å². The molecule has 0 aromatic carbocycles. The van der Waals surface area contributed by atoms with Gasteiger partial charge in [-0.25, -0.2) is 0 Å². The van der Waals surface area contributed by atoms with Crippen molar-refractivity contribution in [1.82, 2.24) is 0 Å². The largest absolute Gasteiger partial charge is 2.00 e. The van der Waals surface area contributed by atoms with Crippen molar-refractivity contribution >= 4 is 23.1 Å². The van der Waals surface area contributed by atoms with Crippen LogP contribution in [0.25, 0.3) is 0 Å². The molecule has 6 heteroatoms. The summed E-state index contributed by atoms with van der Waals surface area (Å²) in [6.07, 6.45) is -1.83. The van der Waals surface area contributed by atoms with Gasteiger partial charge >= 0.3 is 23.1 Å². The third-order valence-electron chi connectivity index (χ3n) is 1.04. The summed E-state index contributed by atoms with van der Waals surface area (Å²) in [6, 6.07) is 0. The first kappa shape index (κ1) is 15.1. The van der Waals surface area contributed by atoms with Gasteiger partial charge in [0.15, 0.2) is 0 Å². The fraction of sp³-hybridized carbons (Fsp3) is 1.00. The van der Waals surface area contributed by atoms with Gasteiger partial charge in [0.05, 0.1) is 26.4 Å². The van der Waals surface area contributed by atoms with Gasteiger partial charge in [-0.1, -0.05) is 0 Å². The summed E-state index contributed by atoms with van der Waals surface area (Å²) in [4.78, 5) is 0. The zero-order chi connectivity index (χ0) is 8.69. The predicted molar refractivity (Wildman–Crippen MR) is 45.0 cm³/mol. The first-order valence-corrected chi connectivity index (χ1v) is 3.36. The van der Waals surface area contributed by atoms with Crippen LogP contribution in [0.2, 0.25) is 0 Å². The van der Waals surface area contributed by atoms with Crippen molar-refractivity contribution in [3.05, 3.63) is 0 Å². The average Bonchev–Trinajstić information content (AvgIpc) is 2.04. The van der Waals surface area contributed by atoms with Gasteiger partial charge in [0.25, 0.3) is 0 Å². The third-order valence-corrected chi connectivity index (χ3v) is 1.04. The quantitative estimate of drug-likeness (QED) is 0.351. The van der Waals surface area contributed by atoms with Gasteiger partial charge in [-0.05, 0) is 0 Å². The van der Waals surface area contributed by atoms with E-state index >= 15 is 0 Å². The summed E-state index contributed by atoms with van der Waals surface area (Å²) >= 11 is 0. The van der Waals surface area contributed by atoms with Crippen LogP contribution in [0.3, 0.4) is 0 Å². The summed E-state index contributed by atoms with van der Waals surface area (Å²) in [5.74, 6) is 0. The first-order chi connectivity index (χ1) is 5.20.